The molecule has 38 heavy (non-hydrogen) atoms. The van der Waals surface area contributed by atoms with Crippen LogP contribution in [0, 0.1) is 0 Å². The minimum atomic E-state index is -0.465. The number of rotatable bonds is 8. The molecule has 196 valence electrons. The summed E-state index contributed by atoms with van der Waals surface area (Å²) in [4.78, 5) is 26.6. The number of hydrogen-bond acceptors (Lipinski definition) is 10. The van der Waals surface area contributed by atoms with Crippen LogP contribution < -0.4 is 20.5 Å². The van der Waals surface area contributed by atoms with Crippen LogP contribution in [-0.4, -0.2) is 59.0 Å². The van der Waals surface area contributed by atoms with Gasteiger partial charge >= 0.3 is 6.09 Å². The van der Waals surface area contributed by atoms with Gasteiger partial charge in [-0.25, -0.2) is 14.8 Å². The lowest BCUT2D eigenvalue weighted by Gasteiger charge is -2.25. The summed E-state index contributed by atoms with van der Waals surface area (Å²) in [6.07, 6.45) is 2.67. The van der Waals surface area contributed by atoms with Gasteiger partial charge in [0, 0.05) is 36.4 Å². The number of pyridine rings is 1. The minimum Gasteiger partial charge on any atom is -0.486 e. The number of anilines is 3. The molecule has 1 amide bonds. The Balaban J connectivity index is 1.24. The van der Waals surface area contributed by atoms with Gasteiger partial charge in [0.25, 0.3) is 0 Å². The quantitative estimate of drug-likeness (QED) is 0.246. The number of ether oxygens (including phenoxy) is 4. The Morgan fingerprint density at radius 1 is 1.05 bits per heavy atom. The fourth-order valence-corrected chi connectivity index (χ4v) is 4.01. The first-order valence-corrected chi connectivity index (χ1v) is 12.2. The van der Waals surface area contributed by atoms with Crippen molar-refractivity contribution in [1.29, 1.82) is 0 Å². The number of nitrogens with two attached hydrogens (primary N) is 1. The molecule has 1 aliphatic heterocycles. The highest BCUT2D eigenvalue weighted by Crippen LogP contribution is 2.33. The lowest BCUT2D eigenvalue weighted by Crippen LogP contribution is -2.41. The Morgan fingerprint density at radius 3 is 2.71 bits per heavy atom. The van der Waals surface area contributed by atoms with Gasteiger partial charge in [-0.05, 0) is 36.4 Å². The summed E-state index contributed by atoms with van der Waals surface area (Å²) in [6, 6.07) is 14.3. The van der Waals surface area contributed by atoms with Crippen molar-refractivity contribution in [1.82, 2.24) is 19.9 Å². The first-order chi connectivity index (χ1) is 18.6. The molecule has 2 aromatic carbocycles. The van der Waals surface area contributed by atoms with Gasteiger partial charge in [-0.2, -0.15) is 0 Å². The van der Waals surface area contributed by atoms with Crippen molar-refractivity contribution >= 4 is 45.8 Å². The summed E-state index contributed by atoms with van der Waals surface area (Å²) in [6.45, 7) is 1.96. The number of halogens is 1. The summed E-state index contributed by atoms with van der Waals surface area (Å²) in [5.41, 5.74) is 8.65. The molecule has 0 radical (unpaired) electrons. The molecule has 4 aromatic rings. The maximum absolute atomic E-state index is 12.1. The molecule has 3 N–H and O–H groups in total. The molecule has 11 nitrogen and oxygen atoms in total. The maximum Gasteiger partial charge on any atom is 0.412 e. The zero-order valence-electron chi connectivity index (χ0n) is 20.3. The third-order valence-corrected chi connectivity index (χ3v) is 6.02. The molecule has 1 aliphatic rings. The molecule has 0 unspecified atom stereocenters. The van der Waals surface area contributed by atoms with Crippen LogP contribution in [0.2, 0.25) is 5.02 Å². The first-order valence-electron chi connectivity index (χ1n) is 11.8. The van der Waals surface area contributed by atoms with Crippen LogP contribution in [0.3, 0.4) is 0 Å². The van der Waals surface area contributed by atoms with E-state index in [1.165, 1.54) is 6.33 Å². The van der Waals surface area contributed by atoms with E-state index in [1.807, 2.05) is 24.3 Å². The minimum absolute atomic E-state index is 0.282. The number of amides is 1. The molecule has 0 atom stereocenters. The predicted octanol–water partition coefficient (Wildman–Crippen LogP) is 4.39. The summed E-state index contributed by atoms with van der Waals surface area (Å²) in [7, 11) is 0. The fraction of sp³-hybridized carbons (Fsp3) is 0.231. The van der Waals surface area contributed by atoms with Crippen LogP contribution in [-0.2, 0) is 16.1 Å². The molecule has 0 spiro atoms. The highest BCUT2D eigenvalue weighted by atomic mass is 35.5. The second-order valence-electron chi connectivity index (χ2n) is 8.28. The molecule has 0 bridgehead atoms. The number of morpholine rings is 1. The van der Waals surface area contributed by atoms with Crippen molar-refractivity contribution in [2.45, 2.75) is 6.61 Å². The van der Waals surface area contributed by atoms with Crippen LogP contribution in [0.4, 0.5) is 22.0 Å². The topological polar surface area (TPSA) is 134 Å². The lowest BCUT2D eigenvalue weighted by molar-refractivity contribution is 0.00173. The number of nitrogens with zero attached hydrogens (tertiary/aromatic N) is 4. The molecule has 12 heteroatoms. The predicted molar refractivity (Wildman–Crippen MR) is 142 cm³/mol. The average molecular weight is 537 g/mol. The molecule has 5 rings (SSSR count). The summed E-state index contributed by atoms with van der Waals surface area (Å²) >= 11 is 6.45. The van der Waals surface area contributed by atoms with E-state index in [9.17, 15) is 4.79 Å². The van der Waals surface area contributed by atoms with E-state index >= 15 is 0 Å². The van der Waals surface area contributed by atoms with Gasteiger partial charge < -0.3 is 34.9 Å². The molecule has 1 saturated heterocycles. The highest BCUT2D eigenvalue weighted by molar-refractivity contribution is 6.32. The Kier molecular flexibility index (Phi) is 7.86. The summed E-state index contributed by atoms with van der Waals surface area (Å²) in [5.74, 6) is 1.41. The van der Waals surface area contributed by atoms with Gasteiger partial charge in [0.2, 0.25) is 6.79 Å². The van der Waals surface area contributed by atoms with Gasteiger partial charge in [-0.1, -0.05) is 17.7 Å². The standard InChI is InChI=1S/C26H25ClN6O5/c27-20-11-17(4-5-23(20)36-14-18-3-1-2-6-29-18)32-25-19-12-21(28)24(13-22(19)30-15-31-25)37-16-38-26(34)33-7-9-35-10-8-33/h1-6,11-13,15H,7-10,14,16,28H2,(H,30,31,32). The largest absolute Gasteiger partial charge is 0.486 e. The molecule has 0 aliphatic carbocycles. The molecule has 1 fully saturated rings. The normalized spacial score (nSPS) is 13.2. The van der Waals surface area contributed by atoms with Crippen LogP contribution in [0.15, 0.2) is 61.1 Å². The summed E-state index contributed by atoms with van der Waals surface area (Å²) in [5, 5.41) is 4.36. The second kappa shape index (κ2) is 11.8. The number of aromatic nitrogens is 3. The number of nitrogens with one attached hydrogen (secondary N) is 1. The van der Waals surface area contributed by atoms with Gasteiger partial charge in [-0.15, -0.1) is 0 Å². The van der Waals surface area contributed by atoms with E-state index in [0.717, 1.165) is 5.69 Å². The Labute approximate surface area is 223 Å². The van der Waals surface area contributed by atoms with E-state index in [2.05, 4.69) is 20.3 Å². The van der Waals surface area contributed by atoms with Crippen LogP contribution in [0.25, 0.3) is 10.9 Å². The lowest BCUT2D eigenvalue weighted by atomic mass is 10.2. The van der Waals surface area contributed by atoms with Crippen molar-refractivity contribution < 1.29 is 23.7 Å². The number of carbonyl (C=O) groups excluding carboxylic acids is 1. The van der Waals surface area contributed by atoms with E-state index in [4.69, 9.17) is 36.3 Å². The summed E-state index contributed by atoms with van der Waals surface area (Å²) < 4.78 is 21.8. The molecular weight excluding hydrogens is 512 g/mol. The zero-order chi connectivity index (χ0) is 26.3. The molecule has 0 saturated carbocycles. The Morgan fingerprint density at radius 2 is 1.92 bits per heavy atom. The molecular formula is C26H25ClN6O5. The van der Waals surface area contributed by atoms with E-state index < -0.39 is 6.09 Å². The number of nitrogen functional groups attached to an aromatic ring is 1. The maximum atomic E-state index is 12.1. The Hall–Kier alpha value is -4.35. The first kappa shape index (κ1) is 25.3. The highest BCUT2D eigenvalue weighted by Gasteiger charge is 2.18. The number of hydrogen-bond donors (Lipinski definition) is 2. The van der Waals surface area contributed by atoms with Crippen LogP contribution in [0.1, 0.15) is 5.69 Å². The number of carbonyl (C=O) groups is 1. The fourth-order valence-electron chi connectivity index (χ4n) is 3.77. The monoisotopic (exact) mass is 536 g/mol. The van der Waals surface area contributed by atoms with Gasteiger partial charge in [-0.3, -0.25) is 4.98 Å². The van der Waals surface area contributed by atoms with E-state index in [-0.39, 0.29) is 6.79 Å². The number of fused-ring (bicyclic) bond motifs is 1. The van der Waals surface area contributed by atoms with Gasteiger partial charge in [0.1, 0.15) is 30.3 Å². The average Bonchev–Trinajstić information content (AvgIpc) is 2.94. The van der Waals surface area contributed by atoms with E-state index in [0.29, 0.717) is 77.5 Å². The Bertz CT molecular complexity index is 1420. The van der Waals surface area contributed by atoms with Crippen LogP contribution in [0.5, 0.6) is 11.5 Å². The zero-order valence-corrected chi connectivity index (χ0v) is 21.1. The van der Waals surface area contributed by atoms with Gasteiger partial charge in [0.15, 0.2) is 0 Å². The van der Waals surface area contributed by atoms with Crippen molar-refractivity contribution in [2.75, 3.05) is 44.1 Å². The van der Waals surface area contributed by atoms with E-state index in [1.54, 1.807) is 35.4 Å². The van der Waals surface area contributed by atoms with Crippen molar-refractivity contribution in [2.24, 2.45) is 0 Å². The van der Waals surface area contributed by atoms with Crippen LogP contribution >= 0.6 is 11.6 Å². The SMILES string of the molecule is Nc1cc2c(Nc3ccc(OCc4ccccn4)c(Cl)c3)ncnc2cc1OCOC(=O)N1CCOCC1. The second-order valence-corrected chi connectivity index (χ2v) is 8.69. The number of benzene rings is 2. The third-order valence-electron chi connectivity index (χ3n) is 5.73. The third kappa shape index (κ3) is 6.13. The van der Waals surface area contributed by atoms with Crippen molar-refractivity contribution in [3.05, 3.63) is 71.8 Å². The van der Waals surface area contributed by atoms with Crippen molar-refractivity contribution in [3.63, 3.8) is 0 Å². The smallest absolute Gasteiger partial charge is 0.412 e. The molecule has 3 heterocycles. The van der Waals surface area contributed by atoms with Gasteiger partial charge in [0.05, 0.1) is 35.1 Å². The van der Waals surface area contributed by atoms with Crippen molar-refractivity contribution in [3.8, 4) is 11.5 Å². The molecule has 2 aromatic heterocycles.